The fourth-order valence-corrected chi connectivity index (χ4v) is 6.00. The van der Waals surface area contributed by atoms with E-state index in [1.165, 1.54) is 18.4 Å². The highest BCUT2D eigenvalue weighted by atomic mass is 32.1. The summed E-state index contributed by atoms with van der Waals surface area (Å²) in [4.78, 5) is 33.9. The van der Waals surface area contributed by atoms with Crippen molar-refractivity contribution < 1.29 is 18.7 Å². The second kappa shape index (κ2) is 11.9. The van der Waals surface area contributed by atoms with Crippen LogP contribution in [0.1, 0.15) is 73.7 Å². The fraction of sp³-hybridized carbons (Fsp3) is 0.387. The van der Waals surface area contributed by atoms with Crippen LogP contribution in [0.3, 0.4) is 0 Å². The predicted octanol–water partition coefficient (Wildman–Crippen LogP) is 7.92. The minimum atomic E-state index is -0.447. The summed E-state index contributed by atoms with van der Waals surface area (Å²) in [5, 5.41) is 0. The van der Waals surface area contributed by atoms with E-state index in [1.54, 1.807) is 17.2 Å². The molecule has 1 aliphatic carbocycles. The zero-order valence-electron chi connectivity index (χ0n) is 22.8. The van der Waals surface area contributed by atoms with Gasteiger partial charge in [-0.25, -0.2) is 4.79 Å². The van der Waals surface area contributed by atoms with Crippen molar-refractivity contribution in [3.8, 4) is 0 Å². The maximum atomic E-state index is 13.7. The standard InChI is InChI=1S/C31H36N2O4S/c1-7-22(15-12-21(5)27-17-24-26(37-27)9-8-16-32-24)28-18-25(29(38-28)31(35)36-6)33(19(2)3)30(34)23-13-10-20(4)11-14-23/h7-9,12,15-20,23H,1,10-11,13-14H2,2-6H3/b21-12+,22-15+. The molecule has 6 nitrogen and oxygen atoms in total. The summed E-state index contributed by atoms with van der Waals surface area (Å²) in [6, 6.07) is 7.47. The Balaban J connectivity index is 1.69. The number of fused-ring (bicyclic) bond motifs is 1. The molecule has 0 spiro atoms. The quantitative estimate of drug-likeness (QED) is 0.218. The van der Waals surface area contributed by atoms with Crippen molar-refractivity contribution in [3.05, 3.63) is 70.8 Å². The van der Waals surface area contributed by atoms with Crippen LogP contribution in [0.15, 0.2) is 59.7 Å². The Kier molecular flexibility index (Phi) is 8.67. The third-order valence-corrected chi connectivity index (χ3v) is 8.31. The molecule has 0 saturated heterocycles. The Bertz CT molecular complexity index is 1350. The number of hydrogen-bond acceptors (Lipinski definition) is 6. The van der Waals surface area contributed by atoms with Crippen LogP contribution >= 0.6 is 11.3 Å². The van der Waals surface area contributed by atoms with E-state index in [0.717, 1.165) is 58.6 Å². The van der Waals surface area contributed by atoms with Gasteiger partial charge in [-0.05, 0) is 81.7 Å². The maximum Gasteiger partial charge on any atom is 0.350 e. The molecule has 1 saturated carbocycles. The Hall–Kier alpha value is -3.45. The number of amides is 1. The van der Waals surface area contributed by atoms with Gasteiger partial charge in [0, 0.05) is 29.1 Å². The lowest BCUT2D eigenvalue weighted by Crippen LogP contribution is -2.42. The minimum absolute atomic E-state index is 0.0271. The first-order chi connectivity index (χ1) is 18.2. The van der Waals surface area contributed by atoms with Crippen LogP contribution in [-0.4, -0.2) is 30.0 Å². The molecule has 0 bridgehead atoms. The van der Waals surface area contributed by atoms with E-state index in [9.17, 15) is 9.59 Å². The summed E-state index contributed by atoms with van der Waals surface area (Å²) >= 11 is 1.32. The lowest BCUT2D eigenvalue weighted by molar-refractivity contribution is -0.123. The summed E-state index contributed by atoms with van der Waals surface area (Å²) in [5.41, 5.74) is 3.91. The van der Waals surface area contributed by atoms with Crippen LogP contribution in [0, 0.1) is 11.8 Å². The first-order valence-corrected chi connectivity index (χ1v) is 14.0. The lowest BCUT2D eigenvalue weighted by Gasteiger charge is -2.33. The summed E-state index contributed by atoms with van der Waals surface area (Å²) < 4.78 is 11.0. The van der Waals surface area contributed by atoms with Gasteiger partial charge in [0.2, 0.25) is 5.91 Å². The van der Waals surface area contributed by atoms with Gasteiger partial charge in [0.15, 0.2) is 5.58 Å². The SMILES string of the molecule is C=C/C(=C\C=C(/C)c1cc2ncccc2o1)c1cc(N(C(=O)C2CCC(C)CC2)C(C)C)c(C(=O)OC)s1. The summed E-state index contributed by atoms with van der Waals surface area (Å²) in [6.07, 6.45) is 11.3. The minimum Gasteiger partial charge on any atom is -0.465 e. The van der Waals surface area contributed by atoms with Crippen LogP contribution in [0.4, 0.5) is 5.69 Å². The molecule has 38 heavy (non-hydrogen) atoms. The highest BCUT2D eigenvalue weighted by molar-refractivity contribution is 7.15. The number of methoxy groups -OCH3 is 1. The maximum absolute atomic E-state index is 13.7. The topological polar surface area (TPSA) is 72.6 Å². The van der Waals surface area contributed by atoms with Crippen LogP contribution in [0.2, 0.25) is 0 Å². The molecule has 0 N–H and O–H groups in total. The van der Waals surface area contributed by atoms with E-state index in [1.807, 2.05) is 57.2 Å². The number of thiophene rings is 1. The number of ether oxygens (including phenoxy) is 1. The van der Waals surface area contributed by atoms with Crippen molar-refractivity contribution >= 4 is 51.1 Å². The fourth-order valence-electron chi connectivity index (χ4n) is 4.91. The van der Waals surface area contributed by atoms with Crippen LogP contribution < -0.4 is 4.90 Å². The van der Waals surface area contributed by atoms with Crippen molar-refractivity contribution in [2.24, 2.45) is 11.8 Å². The van der Waals surface area contributed by atoms with E-state index < -0.39 is 5.97 Å². The van der Waals surface area contributed by atoms with Gasteiger partial charge in [0.05, 0.1) is 12.8 Å². The molecule has 0 aliphatic heterocycles. The number of hydrogen-bond donors (Lipinski definition) is 0. The molecular formula is C31H36N2O4S. The number of anilines is 1. The molecule has 0 radical (unpaired) electrons. The zero-order valence-corrected chi connectivity index (χ0v) is 23.6. The van der Waals surface area contributed by atoms with Gasteiger partial charge in [-0.2, -0.15) is 0 Å². The molecule has 0 atom stereocenters. The van der Waals surface area contributed by atoms with Gasteiger partial charge in [0.25, 0.3) is 0 Å². The first kappa shape index (κ1) is 27.6. The molecule has 1 aliphatic rings. The highest BCUT2D eigenvalue weighted by Crippen LogP contribution is 2.39. The first-order valence-electron chi connectivity index (χ1n) is 13.1. The average Bonchev–Trinajstić information content (AvgIpc) is 3.54. The Morgan fingerprint density at radius 2 is 1.95 bits per heavy atom. The third kappa shape index (κ3) is 5.83. The molecule has 4 rings (SSSR count). The van der Waals surface area contributed by atoms with Gasteiger partial charge >= 0.3 is 5.97 Å². The van der Waals surface area contributed by atoms with Crippen LogP contribution in [0.5, 0.6) is 0 Å². The smallest absolute Gasteiger partial charge is 0.350 e. The molecule has 1 amide bonds. The number of rotatable bonds is 8. The van der Waals surface area contributed by atoms with Gasteiger partial charge < -0.3 is 14.1 Å². The second-order valence-electron chi connectivity index (χ2n) is 10.2. The number of aromatic nitrogens is 1. The molecule has 7 heteroatoms. The van der Waals surface area contributed by atoms with E-state index in [4.69, 9.17) is 9.15 Å². The highest BCUT2D eigenvalue weighted by Gasteiger charge is 2.33. The molecule has 0 unspecified atom stereocenters. The Morgan fingerprint density at radius 1 is 1.21 bits per heavy atom. The lowest BCUT2D eigenvalue weighted by atomic mass is 9.82. The molecule has 0 aromatic carbocycles. The number of nitrogens with zero attached hydrogens (tertiary/aromatic N) is 2. The van der Waals surface area contributed by atoms with E-state index in [-0.39, 0.29) is 17.9 Å². The van der Waals surface area contributed by atoms with Crippen molar-refractivity contribution in [3.63, 3.8) is 0 Å². The van der Waals surface area contributed by atoms with Crippen molar-refractivity contribution in [2.45, 2.75) is 59.4 Å². The molecule has 3 heterocycles. The van der Waals surface area contributed by atoms with Gasteiger partial charge in [-0.15, -0.1) is 11.3 Å². The number of pyridine rings is 1. The summed E-state index contributed by atoms with van der Waals surface area (Å²) in [5.74, 6) is 0.994. The van der Waals surface area contributed by atoms with E-state index in [2.05, 4.69) is 18.5 Å². The van der Waals surface area contributed by atoms with Crippen molar-refractivity contribution in [1.82, 2.24) is 4.98 Å². The van der Waals surface area contributed by atoms with E-state index >= 15 is 0 Å². The Morgan fingerprint density at radius 3 is 2.58 bits per heavy atom. The molecule has 1 fully saturated rings. The van der Waals surface area contributed by atoms with Gasteiger partial charge in [-0.3, -0.25) is 9.78 Å². The predicted molar refractivity (Wildman–Crippen MR) is 155 cm³/mol. The summed E-state index contributed by atoms with van der Waals surface area (Å²) in [7, 11) is 1.37. The van der Waals surface area contributed by atoms with Crippen LogP contribution in [-0.2, 0) is 9.53 Å². The van der Waals surface area contributed by atoms with Gasteiger partial charge in [0.1, 0.15) is 16.2 Å². The van der Waals surface area contributed by atoms with E-state index in [0.29, 0.717) is 16.5 Å². The number of furan rings is 1. The number of esters is 1. The summed E-state index contributed by atoms with van der Waals surface area (Å²) in [6.45, 7) is 12.2. The average molecular weight is 533 g/mol. The Labute approximate surface area is 228 Å². The van der Waals surface area contributed by atoms with Gasteiger partial charge in [-0.1, -0.05) is 31.7 Å². The zero-order chi connectivity index (χ0) is 27.4. The monoisotopic (exact) mass is 532 g/mol. The number of allylic oxidation sites excluding steroid dienone is 5. The van der Waals surface area contributed by atoms with Crippen LogP contribution in [0.25, 0.3) is 22.2 Å². The normalized spacial score (nSPS) is 18.6. The molecule has 3 aromatic rings. The van der Waals surface area contributed by atoms with Crippen molar-refractivity contribution in [2.75, 3.05) is 12.0 Å². The number of carbonyl (C=O) groups is 2. The third-order valence-electron chi connectivity index (χ3n) is 7.16. The number of carbonyl (C=O) groups excluding carboxylic acids is 2. The molecule has 3 aromatic heterocycles. The molecule has 200 valence electrons. The second-order valence-corrected chi connectivity index (χ2v) is 11.3. The molecular weight excluding hydrogens is 496 g/mol. The van der Waals surface area contributed by atoms with Crippen molar-refractivity contribution in [1.29, 1.82) is 0 Å². The largest absolute Gasteiger partial charge is 0.465 e.